The highest BCUT2D eigenvalue weighted by molar-refractivity contribution is 5.40. The molecule has 0 saturated heterocycles. The fraction of sp³-hybridized carbons (Fsp3) is 0.833. The minimum Gasteiger partial charge on any atom is -0.0654 e. The molecular formula is C36H66. The highest BCUT2D eigenvalue weighted by Crippen LogP contribution is 2.26. The van der Waals surface area contributed by atoms with E-state index in [4.69, 9.17) is 0 Å². The first-order chi connectivity index (χ1) is 17.8. The Bertz CT molecular complexity index is 559. The number of hydrogen-bond donors (Lipinski definition) is 0. The minimum atomic E-state index is 1.26. The van der Waals surface area contributed by atoms with E-state index in [0.717, 1.165) is 0 Å². The van der Waals surface area contributed by atoms with Crippen molar-refractivity contribution in [3.63, 3.8) is 0 Å². The number of benzene rings is 1. The predicted octanol–water partition coefficient (Wildman–Crippen LogP) is 12.5. The van der Waals surface area contributed by atoms with Crippen LogP contribution >= 0.6 is 0 Å². The van der Waals surface area contributed by atoms with E-state index in [2.05, 4.69) is 39.8 Å². The fourth-order valence-electron chi connectivity index (χ4n) is 5.87. The summed E-state index contributed by atoms with van der Waals surface area (Å²) in [4.78, 5) is 0. The SMILES string of the molecule is CCCCCCCCCc1cc(CCC)cc(CCCCCCCCC)c1CCCCCCCCC. The molecule has 0 amide bonds. The van der Waals surface area contributed by atoms with Crippen LogP contribution in [0.3, 0.4) is 0 Å². The van der Waals surface area contributed by atoms with Crippen molar-refractivity contribution in [2.75, 3.05) is 0 Å². The molecule has 0 radical (unpaired) electrons. The molecule has 0 aliphatic rings. The molecule has 0 bridgehead atoms. The number of hydrogen-bond acceptors (Lipinski definition) is 0. The lowest BCUT2D eigenvalue weighted by molar-refractivity contribution is 0.578. The van der Waals surface area contributed by atoms with E-state index in [1.807, 2.05) is 0 Å². The summed E-state index contributed by atoms with van der Waals surface area (Å²) in [6.45, 7) is 9.31. The monoisotopic (exact) mass is 499 g/mol. The van der Waals surface area contributed by atoms with E-state index in [-0.39, 0.29) is 0 Å². The van der Waals surface area contributed by atoms with Gasteiger partial charge in [0.1, 0.15) is 0 Å². The van der Waals surface area contributed by atoms with E-state index >= 15 is 0 Å². The van der Waals surface area contributed by atoms with Gasteiger partial charge in [-0.25, -0.2) is 0 Å². The number of rotatable bonds is 26. The number of unbranched alkanes of at least 4 members (excludes halogenated alkanes) is 18. The Labute approximate surface area is 228 Å². The third kappa shape index (κ3) is 16.9. The van der Waals surface area contributed by atoms with Gasteiger partial charge < -0.3 is 0 Å². The van der Waals surface area contributed by atoms with Crippen LogP contribution in [0.2, 0.25) is 0 Å². The maximum absolute atomic E-state index is 2.63. The van der Waals surface area contributed by atoms with Gasteiger partial charge in [-0.05, 0) is 67.2 Å². The topological polar surface area (TPSA) is 0 Å². The summed E-state index contributed by atoms with van der Waals surface area (Å²) in [5.74, 6) is 0. The standard InChI is InChI=1S/C36H66/c1-5-9-12-15-18-21-24-28-34-31-33(27-8-4)32-35(29-25-22-19-16-13-10-6-2)36(34)30-26-23-20-17-14-11-7-3/h31-32H,5-30H2,1-4H3. The first kappa shape index (κ1) is 33.2. The zero-order valence-electron chi connectivity index (χ0n) is 25.5. The summed E-state index contributed by atoms with van der Waals surface area (Å²) < 4.78 is 0. The van der Waals surface area contributed by atoms with E-state index < -0.39 is 0 Å². The minimum absolute atomic E-state index is 1.26. The van der Waals surface area contributed by atoms with Gasteiger partial charge in [-0.2, -0.15) is 0 Å². The molecule has 0 nitrogen and oxygen atoms in total. The van der Waals surface area contributed by atoms with Crippen molar-refractivity contribution in [3.8, 4) is 0 Å². The molecule has 0 spiro atoms. The Morgan fingerprint density at radius 3 is 1.03 bits per heavy atom. The van der Waals surface area contributed by atoms with E-state index in [1.165, 1.54) is 167 Å². The maximum Gasteiger partial charge on any atom is -0.0273 e. The summed E-state index contributed by atoms with van der Waals surface area (Å²) in [7, 11) is 0. The van der Waals surface area contributed by atoms with Gasteiger partial charge in [0, 0.05) is 0 Å². The fourth-order valence-corrected chi connectivity index (χ4v) is 5.87. The molecule has 0 saturated carbocycles. The molecule has 1 aromatic rings. The maximum atomic E-state index is 2.63. The van der Waals surface area contributed by atoms with Gasteiger partial charge in [0.2, 0.25) is 0 Å². The molecule has 210 valence electrons. The van der Waals surface area contributed by atoms with Crippen molar-refractivity contribution in [1.29, 1.82) is 0 Å². The van der Waals surface area contributed by atoms with Gasteiger partial charge in [-0.1, -0.05) is 162 Å². The molecule has 0 aliphatic heterocycles. The quantitative estimate of drug-likeness (QED) is 0.111. The van der Waals surface area contributed by atoms with Gasteiger partial charge in [-0.15, -0.1) is 0 Å². The van der Waals surface area contributed by atoms with Crippen LogP contribution in [0.1, 0.15) is 191 Å². The van der Waals surface area contributed by atoms with Crippen LogP contribution < -0.4 is 0 Å². The predicted molar refractivity (Wildman–Crippen MR) is 166 cm³/mol. The van der Waals surface area contributed by atoms with Crippen molar-refractivity contribution in [3.05, 3.63) is 34.4 Å². The highest BCUT2D eigenvalue weighted by atomic mass is 14.2. The zero-order chi connectivity index (χ0) is 26.1. The normalized spacial score (nSPS) is 11.4. The lowest BCUT2D eigenvalue weighted by Gasteiger charge is -2.18. The molecule has 0 unspecified atom stereocenters. The second-order valence-electron chi connectivity index (χ2n) is 11.8. The van der Waals surface area contributed by atoms with Gasteiger partial charge in [0.05, 0.1) is 0 Å². The van der Waals surface area contributed by atoms with Crippen molar-refractivity contribution in [1.82, 2.24) is 0 Å². The van der Waals surface area contributed by atoms with Gasteiger partial charge >= 0.3 is 0 Å². The molecule has 36 heavy (non-hydrogen) atoms. The Morgan fingerprint density at radius 1 is 0.333 bits per heavy atom. The summed E-state index contributed by atoms with van der Waals surface area (Å²) >= 11 is 0. The Hall–Kier alpha value is -0.780. The molecule has 0 aliphatic carbocycles. The summed E-state index contributed by atoms with van der Waals surface area (Å²) in [6, 6.07) is 5.26. The molecular weight excluding hydrogens is 432 g/mol. The lowest BCUT2D eigenvalue weighted by Crippen LogP contribution is -2.04. The van der Waals surface area contributed by atoms with Crippen molar-refractivity contribution in [2.45, 2.75) is 195 Å². The second kappa shape index (κ2) is 24.6. The molecule has 1 rings (SSSR count). The molecule has 0 heteroatoms. The molecule has 0 heterocycles. The first-order valence-electron chi connectivity index (χ1n) is 16.9. The van der Waals surface area contributed by atoms with E-state index in [1.54, 1.807) is 22.3 Å². The van der Waals surface area contributed by atoms with Crippen LogP contribution in [0, 0.1) is 0 Å². The van der Waals surface area contributed by atoms with Crippen LogP contribution in [0.25, 0.3) is 0 Å². The van der Waals surface area contributed by atoms with E-state index in [0.29, 0.717) is 0 Å². The van der Waals surface area contributed by atoms with Crippen LogP contribution in [-0.4, -0.2) is 0 Å². The van der Waals surface area contributed by atoms with E-state index in [9.17, 15) is 0 Å². The summed E-state index contributed by atoms with van der Waals surface area (Å²) in [5.41, 5.74) is 6.87. The van der Waals surface area contributed by atoms with Crippen molar-refractivity contribution >= 4 is 0 Å². The van der Waals surface area contributed by atoms with Crippen LogP contribution in [-0.2, 0) is 25.7 Å². The van der Waals surface area contributed by atoms with Crippen LogP contribution in [0.4, 0.5) is 0 Å². The molecule has 0 fully saturated rings. The third-order valence-electron chi connectivity index (χ3n) is 8.16. The average molecular weight is 499 g/mol. The third-order valence-corrected chi connectivity index (χ3v) is 8.16. The van der Waals surface area contributed by atoms with Crippen LogP contribution in [0.5, 0.6) is 0 Å². The average Bonchev–Trinajstić information content (AvgIpc) is 2.88. The highest BCUT2D eigenvalue weighted by Gasteiger charge is 2.12. The molecule has 0 atom stereocenters. The van der Waals surface area contributed by atoms with Gasteiger partial charge in [0.25, 0.3) is 0 Å². The molecule has 1 aromatic carbocycles. The van der Waals surface area contributed by atoms with Crippen LogP contribution in [0.15, 0.2) is 12.1 Å². The largest absolute Gasteiger partial charge is 0.0654 e. The second-order valence-corrected chi connectivity index (χ2v) is 11.8. The zero-order valence-corrected chi connectivity index (χ0v) is 25.5. The lowest BCUT2D eigenvalue weighted by atomic mass is 9.87. The summed E-state index contributed by atoms with van der Waals surface area (Å²) in [6.07, 6.45) is 36.2. The van der Waals surface area contributed by atoms with Gasteiger partial charge in [0.15, 0.2) is 0 Å². The number of aryl methyl sites for hydroxylation is 3. The van der Waals surface area contributed by atoms with Gasteiger partial charge in [-0.3, -0.25) is 0 Å². The van der Waals surface area contributed by atoms with Crippen molar-refractivity contribution in [2.24, 2.45) is 0 Å². The Balaban J connectivity index is 2.75. The van der Waals surface area contributed by atoms with Crippen molar-refractivity contribution < 1.29 is 0 Å². The Kier molecular flexibility index (Phi) is 22.7. The smallest absolute Gasteiger partial charge is 0.0273 e. The Morgan fingerprint density at radius 2 is 0.667 bits per heavy atom. The molecule has 0 aromatic heterocycles. The molecule has 0 N–H and O–H groups in total. The first-order valence-corrected chi connectivity index (χ1v) is 16.9. The summed E-state index contributed by atoms with van der Waals surface area (Å²) in [5, 5.41) is 0.